The Balaban J connectivity index is 1.33. The molecular weight excluding hydrogens is 510 g/mol. The molecule has 0 spiro atoms. The van der Waals surface area contributed by atoms with Crippen molar-refractivity contribution >= 4 is 23.7 Å². The molecule has 206 valence electrons. The Bertz CT molecular complexity index is 1620. The molecule has 2 aromatic carbocycles. The first kappa shape index (κ1) is 26.8. The second-order valence-electron chi connectivity index (χ2n) is 9.59. The summed E-state index contributed by atoms with van der Waals surface area (Å²) in [6, 6.07) is 18.4. The quantitative estimate of drug-likeness (QED) is 0.323. The SMILES string of the molecule is COc1ccc(OC(=O)N(CC(=O)O)CC2=c3ccn(CCc4nc(-c5ccccc5)oc4C)c3=CCC2)cc1. The fourth-order valence-corrected chi connectivity index (χ4v) is 4.87. The summed E-state index contributed by atoms with van der Waals surface area (Å²) in [4.78, 5) is 30.5. The number of carboxylic acids is 1. The van der Waals surface area contributed by atoms with Crippen molar-refractivity contribution in [2.75, 3.05) is 20.2 Å². The first-order valence-electron chi connectivity index (χ1n) is 13.1. The van der Waals surface area contributed by atoms with E-state index in [-0.39, 0.29) is 6.54 Å². The average molecular weight is 542 g/mol. The fraction of sp³-hybridized carbons (Fsp3) is 0.258. The topological polar surface area (TPSA) is 107 Å². The number of hydrogen-bond donors (Lipinski definition) is 1. The molecule has 1 aliphatic carbocycles. The third kappa shape index (κ3) is 6.09. The summed E-state index contributed by atoms with van der Waals surface area (Å²) in [7, 11) is 1.55. The third-order valence-corrected chi connectivity index (χ3v) is 6.90. The molecule has 0 unspecified atom stereocenters. The van der Waals surface area contributed by atoms with Gasteiger partial charge in [0.25, 0.3) is 0 Å². The Kier molecular flexibility index (Phi) is 8.00. The van der Waals surface area contributed by atoms with Gasteiger partial charge in [0.05, 0.1) is 12.8 Å². The molecule has 0 fully saturated rings. The number of fused-ring (bicyclic) bond motifs is 1. The summed E-state index contributed by atoms with van der Waals surface area (Å²) in [5.74, 6) is 1.25. The van der Waals surface area contributed by atoms with Crippen LogP contribution in [-0.4, -0.2) is 51.8 Å². The number of methoxy groups -OCH3 is 1. The van der Waals surface area contributed by atoms with E-state index in [0.717, 1.165) is 46.0 Å². The van der Waals surface area contributed by atoms with E-state index in [9.17, 15) is 14.7 Å². The van der Waals surface area contributed by atoms with Crippen LogP contribution in [0.1, 0.15) is 24.3 Å². The maximum absolute atomic E-state index is 13.0. The summed E-state index contributed by atoms with van der Waals surface area (Å²) in [5.41, 5.74) is 2.85. The minimum absolute atomic E-state index is 0.162. The number of amides is 1. The van der Waals surface area contributed by atoms with Gasteiger partial charge in [-0.15, -0.1) is 0 Å². The standard InChI is InChI=1S/C31H31N3O6/c1-21-27(32-30(39-21)22-7-4-3-5-8-22)16-18-33-17-15-26-23(9-6-10-28(26)33)19-34(20-29(35)36)31(37)40-25-13-11-24(38-2)12-14-25/h3-5,7-8,10-15,17H,6,9,16,18-20H2,1-2H3,(H,35,36). The molecule has 1 aliphatic rings. The van der Waals surface area contributed by atoms with Crippen LogP contribution < -0.4 is 20.0 Å². The van der Waals surface area contributed by atoms with Crippen molar-refractivity contribution in [1.82, 2.24) is 14.5 Å². The molecule has 0 atom stereocenters. The number of aliphatic carboxylic acids is 1. The largest absolute Gasteiger partial charge is 0.497 e. The second kappa shape index (κ2) is 11.9. The molecule has 9 nitrogen and oxygen atoms in total. The van der Waals surface area contributed by atoms with Gasteiger partial charge in [-0.2, -0.15) is 0 Å². The average Bonchev–Trinajstić information content (AvgIpc) is 3.55. The van der Waals surface area contributed by atoms with Crippen LogP contribution in [0, 0.1) is 6.92 Å². The van der Waals surface area contributed by atoms with Gasteiger partial charge in [0.1, 0.15) is 23.8 Å². The number of nitrogens with zero attached hydrogens (tertiary/aromatic N) is 3. The predicted octanol–water partition coefficient (Wildman–Crippen LogP) is 4.01. The van der Waals surface area contributed by atoms with E-state index >= 15 is 0 Å². The van der Waals surface area contributed by atoms with Crippen LogP contribution in [0.3, 0.4) is 0 Å². The summed E-state index contributed by atoms with van der Waals surface area (Å²) < 4.78 is 18.7. The second-order valence-corrected chi connectivity index (χ2v) is 9.59. The van der Waals surface area contributed by atoms with Gasteiger partial charge in [-0.3, -0.25) is 9.69 Å². The number of benzene rings is 2. The molecule has 2 aromatic heterocycles. The number of rotatable bonds is 10. The number of carbonyl (C=O) groups excluding carboxylic acids is 1. The van der Waals surface area contributed by atoms with Gasteiger partial charge in [-0.05, 0) is 67.8 Å². The number of carboxylic acid groups (broad SMARTS) is 1. The number of ether oxygens (including phenoxy) is 2. The maximum Gasteiger partial charge on any atom is 0.416 e. The van der Waals surface area contributed by atoms with Crippen molar-refractivity contribution < 1.29 is 28.6 Å². The van der Waals surface area contributed by atoms with Gasteiger partial charge in [0, 0.05) is 41.8 Å². The van der Waals surface area contributed by atoms with Crippen LogP contribution in [0.4, 0.5) is 4.79 Å². The number of hydrogen-bond acceptors (Lipinski definition) is 6. The molecule has 1 N–H and O–H groups in total. The molecule has 5 rings (SSSR count). The number of oxazole rings is 1. The van der Waals surface area contributed by atoms with E-state index in [4.69, 9.17) is 18.9 Å². The van der Waals surface area contributed by atoms with Crippen LogP contribution in [0.25, 0.3) is 23.1 Å². The zero-order chi connectivity index (χ0) is 28.1. The van der Waals surface area contributed by atoms with Crippen molar-refractivity contribution in [2.45, 2.75) is 32.7 Å². The van der Waals surface area contributed by atoms with Gasteiger partial charge in [-0.25, -0.2) is 9.78 Å². The van der Waals surface area contributed by atoms with E-state index in [2.05, 4.69) is 10.6 Å². The van der Waals surface area contributed by atoms with Gasteiger partial charge < -0.3 is 23.6 Å². The van der Waals surface area contributed by atoms with Gasteiger partial charge in [0.2, 0.25) is 5.89 Å². The highest BCUT2D eigenvalue weighted by atomic mass is 16.6. The molecule has 4 aromatic rings. The number of aryl methyl sites for hydroxylation is 3. The van der Waals surface area contributed by atoms with Crippen molar-refractivity contribution in [3.05, 3.63) is 88.9 Å². The first-order valence-corrected chi connectivity index (χ1v) is 13.1. The van der Waals surface area contributed by atoms with Crippen molar-refractivity contribution in [3.63, 3.8) is 0 Å². The van der Waals surface area contributed by atoms with Gasteiger partial charge in [-0.1, -0.05) is 24.3 Å². The zero-order valence-electron chi connectivity index (χ0n) is 22.5. The minimum Gasteiger partial charge on any atom is -0.497 e. The molecular formula is C31H31N3O6. The van der Waals surface area contributed by atoms with Crippen LogP contribution in [0.15, 0.2) is 71.3 Å². The van der Waals surface area contributed by atoms with Crippen LogP contribution in [-0.2, 0) is 17.8 Å². The van der Waals surface area contributed by atoms with Crippen molar-refractivity contribution in [1.29, 1.82) is 0 Å². The number of aromatic nitrogens is 2. The smallest absolute Gasteiger partial charge is 0.416 e. The Morgan fingerprint density at radius 3 is 2.55 bits per heavy atom. The van der Waals surface area contributed by atoms with Crippen molar-refractivity contribution in [2.24, 2.45) is 0 Å². The monoisotopic (exact) mass is 541 g/mol. The third-order valence-electron chi connectivity index (χ3n) is 6.90. The van der Waals surface area contributed by atoms with E-state index in [1.807, 2.05) is 49.5 Å². The molecule has 0 radical (unpaired) electrons. The highest BCUT2D eigenvalue weighted by Gasteiger charge is 2.22. The van der Waals surface area contributed by atoms with Gasteiger partial charge >= 0.3 is 12.1 Å². The molecule has 2 heterocycles. The summed E-state index contributed by atoms with van der Waals surface area (Å²) in [6.45, 7) is 2.33. The number of carbonyl (C=O) groups is 2. The Morgan fingerprint density at radius 1 is 1.07 bits per heavy atom. The van der Waals surface area contributed by atoms with E-state index in [0.29, 0.717) is 30.4 Å². The van der Waals surface area contributed by atoms with Crippen LogP contribution in [0.2, 0.25) is 0 Å². The summed E-state index contributed by atoms with van der Waals surface area (Å²) >= 11 is 0. The Labute approximate surface area is 231 Å². The van der Waals surface area contributed by atoms with E-state index in [1.165, 1.54) is 4.90 Å². The van der Waals surface area contributed by atoms with Crippen LogP contribution >= 0.6 is 0 Å². The highest BCUT2D eigenvalue weighted by molar-refractivity contribution is 5.79. The van der Waals surface area contributed by atoms with Crippen LogP contribution in [0.5, 0.6) is 11.5 Å². The molecule has 0 aliphatic heterocycles. The summed E-state index contributed by atoms with van der Waals surface area (Å²) in [5, 5.41) is 11.5. The zero-order valence-corrected chi connectivity index (χ0v) is 22.5. The van der Waals surface area contributed by atoms with E-state index in [1.54, 1.807) is 31.4 Å². The lowest BCUT2D eigenvalue weighted by atomic mass is 10.0. The lowest BCUT2D eigenvalue weighted by Gasteiger charge is -2.22. The van der Waals surface area contributed by atoms with Gasteiger partial charge in [0.15, 0.2) is 0 Å². The molecule has 40 heavy (non-hydrogen) atoms. The van der Waals surface area contributed by atoms with E-state index < -0.39 is 18.6 Å². The molecule has 9 heteroatoms. The lowest BCUT2D eigenvalue weighted by molar-refractivity contribution is -0.137. The molecule has 1 amide bonds. The lowest BCUT2D eigenvalue weighted by Crippen LogP contribution is -2.42. The Morgan fingerprint density at radius 2 is 1.82 bits per heavy atom. The Hall–Kier alpha value is -4.79. The molecule has 0 saturated carbocycles. The maximum atomic E-state index is 13.0. The predicted molar refractivity (Wildman–Crippen MR) is 149 cm³/mol. The first-order chi connectivity index (χ1) is 19.4. The summed E-state index contributed by atoms with van der Waals surface area (Å²) in [6.07, 6.45) is 5.71. The minimum atomic E-state index is -1.11. The van der Waals surface area contributed by atoms with Crippen molar-refractivity contribution in [3.8, 4) is 23.0 Å². The molecule has 0 bridgehead atoms. The highest BCUT2D eigenvalue weighted by Crippen LogP contribution is 2.22. The normalized spacial score (nSPS) is 12.4. The fourth-order valence-electron chi connectivity index (χ4n) is 4.87. The molecule has 0 saturated heterocycles.